The van der Waals surface area contributed by atoms with E-state index in [2.05, 4.69) is 47.2 Å². The van der Waals surface area contributed by atoms with Crippen molar-refractivity contribution in [2.75, 3.05) is 18.6 Å². The Morgan fingerprint density at radius 2 is 2.06 bits per heavy atom. The summed E-state index contributed by atoms with van der Waals surface area (Å²) in [5, 5.41) is 4.22. The fraction of sp³-hybridized carbons (Fsp3) is 0.571. The van der Waals surface area contributed by atoms with E-state index in [0.717, 1.165) is 27.6 Å². The van der Waals surface area contributed by atoms with Gasteiger partial charge >= 0.3 is 0 Å². The number of hydrogen-bond donors (Lipinski definition) is 1. The lowest BCUT2D eigenvalue weighted by molar-refractivity contribution is 0.616. The highest BCUT2D eigenvalue weighted by Gasteiger charge is 2.10. The SMILES string of the molecule is CNC(CSCC(C)C)Cc1ccc(Br)cc1Cl. The predicted octanol–water partition coefficient (Wildman–Crippen LogP) is 4.62. The minimum Gasteiger partial charge on any atom is -0.316 e. The molecule has 0 saturated carbocycles. The topological polar surface area (TPSA) is 12.0 Å². The van der Waals surface area contributed by atoms with Crippen LogP contribution in [0.3, 0.4) is 0 Å². The average molecular weight is 351 g/mol. The predicted molar refractivity (Wildman–Crippen MR) is 87.9 cm³/mol. The van der Waals surface area contributed by atoms with E-state index in [1.165, 1.54) is 11.3 Å². The van der Waals surface area contributed by atoms with Gasteiger partial charge in [0.05, 0.1) is 0 Å². The fourth-order valence-electron chi connectivity index (χ4n) is 1.64. The lowest BCUT2D eigenvalue weighted by Gasteiger charge is -2.17. The number of benzene rings is 1. The molecule has 0 heterocycles. The van der Waals surface area contributed by atoms with Crippen LogP contribution in [-0.2, 0) is 6.42 Å². The first-order valence-electron chi connectivity index (χ1n) is 6.22. The van der Waals surface area contributed by atoms with E-state index in [1.807, 2.05) is 24.9 Å². The molecule has 0 radical (unpaired) electrons. The van der Waals surface area contributed by atoms with Crippen LogP contribution in [0.5, 0.6) is 0 Å². The molecule has 1 aromatic carbocycles. The molecule has 4 heteroatoms. The molecule has 0 aliphatic carbocycles. The average Bonchev–Trinajstić information content (AvgIpc) is 2.30. The first-order chi connectivity index (χ1) is 8.52. The van der Waals surface area contributed by atoms with Gasteiger partial charge in [0.25, 0.3) is 0 Å². The molecular formula is C14H21BrClNS. The van der Waals surface area contributed by atoms with Crippen LogP contribution in [0.25, 0.3) is 0 Å². The van der Waals surface area contributed by atoms with E-state index in [1.54, 1.807) is 0 Å². The van der Waals surface area contributed by atoms with Crippen molar-refractivity contribution in [1.29, 1.82) is 0 Å². The smallest absolute Gasteiger partial charge is 0.0449 e. The van der Waals surface area contributed by atoms with Crippen molar-refractivity contribution in [1.82, 2.24) is 5.32 Å². The van der Waals surface area contributed by atoms with Crippen molar-refractivity contribution >= 4 is 39.3 Å². The Balaban J connectivity index is 2.51. The summed E-state index contributed by atoms with van der Waals surface area (Å²) < 4.78 is 1.03. The summed E-state index contributed by atoms with van der Waals surface area (Å²) in [6, 6.07) is 6.59. The van der Waals surface area contributed by atoms with Crippen LogP contribution in [-0.4, -0.2) is 24.6 Å². The Kier molecular flexibility index (Phi) is 7.69. The molecule has 18 heavy (non-hydrogen) atoms. The van der Waals surface area contributed by atoms with Gasteiger partial charge in [0.1, 0.15) is 0 Å². The third kappa shape index (κ3) is 5.96. The van der Waals surface area contributed by atoms with Gasteiger partial charge in [-0.3, -0.25) is 0 Å². The van der Waals surface area contributed by atoms with Crippen LogP contribution in [0.2, 0.25) is 5.02 Å². The van der Waals surface area contributed by atoms with Crippen LogP contribution < -0.4 is 5.32 Å². The molecule has 1 aromatic rings. The zero-order valence-corrected chi connectivity index (χ0v) is 14.3. The van der Waals surface area contributed by atoms with Crippen LogP contribution in [0, 0.1) is 5.92 Å². The standard InChI is InChI=1S/C14H21BrClNS/c1-10(2)8-18-9-13(17-3)6-11-4-5-12(15)7-14(11)16/h4-5,7,10,13,17H,6,8-9H2,1-3H3. The highest BCUT2D eigenvalue weighted by atomic mass is 79.9. The third-order valence-corrected chi connectivity index (χ3v) is 5.05. The Bertz CT molecular complexity index is 371. The minimum absolute atomic E-state index is 0.479. The van der Waals surface area contributed by atoms with Gasteiger partial charge < -0.3 is 5.32 Å². The number of hydrogen-bond acceptors (Lipinski definition) is 2. The first kappa shape index (κ1) is 16.4. The zero-order valence-electron chi connectivity index (χ0n) is 11.2. The lowest BCUT2D eigenvalue weighted by atomic mass is 10.1. The second kappa shape index (κ2) is 8.47. The molecule has 0 bridgehead atoms. The van der Waals surface area contributed by atoms with E-state index in [4.69, 9.17) is 11.6 Å². The molecule has 0 aromatic heterocycles. The van der Waals surface area contributed by atoms with Crippen molar-refractivity contribution in [2.24, 2.45) is 5.92 Å². The van der Waals surface area contributed by atoms with Gasteiger partial charge in [0, 0.05) is 21.3 Å². The van der Waals surface area contributed by atoms with Crippen LogP contribution >= 0.6 is 39.3 Å². The molecule has 1 atom stereocenters. The summed E-state index contributed by atoms with van der Waals surface area (Å²) in [5.41, 5.74) is 1.21. The molecule has 0 fully saturated rings. The number of likely N-dealkylation sites (N-methyl/N-ethyl adjacent to an activating group) is 1. The second-order valence-electron chi connectivity index (χ2n) is 4.86. The molecule has 1 N–H and O–H groups in total. The summed E-state index contributed by atoms with van der Waals surface area (Å²) in [6.07, 6.45) is 0.980. The fourth-order valence-corrected chi connectivity index (χ4v) is 3.57. The largest absolute Gasteiger partial charge is 0.316 e. The van der Waals surface area contributed by atoms with E-state index in [9.17, 15) is 0 Å². The summed E-state index contributed by atoms with van der Waals surface area (Å²) in [7, 11) is 2.02. The number of rotatable bonds is 7. The van der Waals surface area contributed by atoms with Gasteiger partial charge in [-0.2, -0.15) is 11.8 Å². The molecule has 0 aliphatic rings. The van der Waals surface area contributed by atoms with Gasteiger partial charge in [-0.25, -0.2) is 0 Å². The van der Waals surface area contributed by atoms with Crippen LogP contribution in [0.15, 0.2) is 22.7 Å². The zero-order chi connectivity index (χ0) is 13.5. The van der Waals surface area contributed by atoms with E-state index < -0.39 is 0 Å². The van der Waals surface area contributed by atoms with Crippen molar-refractivity contribution in [3.8, 4) is 0 Å². The molecule has 0 saturated heterocycles. The van der Waals surface area contributed by atoms with E-state index >= 15 is 0 Å². The Labute approximate surface area is 128 Å². The van der Waals surface area contributed by atoms with Crippen LogP contribution in [0.4, 0.5) is 0 Å². The highest BCUT2D eigenvalue weighted by molar-refractivity contribution is 9.10. The molecule has 0 aliphatic heterocycles. The highest BCUT2D eigenvalue weighted by Crippen LogP contribution is 2.23. The quantitative estimate of drug-likeness (QED) is 0.770. The maximum absolute atomic E-state index is 6.25. The summed E-state index contributed by atoms with van der Waals surface area (Å²) >= 11 is 11.7. The summed E-state index contributed by atoms with van der Waals surface area (Å²) in [5.74, 6) is 3.09. The molecule has 1 unspecified atom stereocenters. The van der Waals surface area contributed by atoms with Crippen molar-refractivity contribution in [3.63, 3.8) is 0 Å². The molecule has 0 amide bonds. The van der Waals surface area contributed by atoms with E-state index in [0.29, 0.717) is 6.04 Å². The minimum atomic E-state index is 0.479. The summed E-state index contributed by atoms with van der Waals surface area (Å²) in [6.45, 7) is 4.51. The van der Waals surface area contributed by atoms with Gasteiger partial charge in [0.2, 0.25) is 0 Å². The Morgan fingerprint density at radius 1 is 1.33 bits per heavy atom. The third-order valence-electron chi connectivity index (χ3n) is 2.66. The first-order valence-corrected chi connectivity index (χ1v) is 8.54. The van der Waals surface area contributed by atoms with Gasteiger partial charge in [-0.05, 0) is 42.8 Å². The molecule has 0 spiro atoms. The molecule has 1 nitrogen and oxygen atoms in total. The van der Waals surface area contributed by atoms with Crippen molar-refractivity contribution < 1.29 is 0 Å². The lowest BCUT2D eigenvalue weighted by Crippen LogP contribution is -2.30. The normalized spacial score (nSPS) is 13.0. The molecule has 102 valence electrons. The number of thioether (sulfide) groups is 1. The summed E-state index contributed by atoms with van der Waals surface area (Å²) in [4.78, 5) is 0. The second-order valence-corrected chi connectivity index (χ2v) is 7.25. The molecular weight excluding hydrogens is 330 g/mol. The van der Waals surface area contributed by atoms with Crippen LogP contribution in [0.1, 0.15) is 19.4 Å². The number of nitrogens with one attached hydrogen (secondary N) is 1. The number of halogens is 2. The van der Waals surface area contributed by atoms with Gasteiger partial charge in [-0.1, -0.05) is 47.4 Å². The maximum Gasteiger partial charge on any atom is 0.0449 e. The van der Waals surface area contributed by atoms with Crippen molar-refractivity contribution in [2.45, 2.75) is 26.3 Å². The van der Waals surface area contributed by atoms with E-state index in [-0.39, 0.29) is 0 Å². The van der Waals surface area contributed by atoms with Gasteiger partial charge in [-0.15, -0.1) is 0 Å². The monoisotopic (exact) mass is 349 g/mol. The van der Waals surface area contributed by atoms with Gasteiger partial charge in [0.15, 0.2) is 0 Å². The molecule has 1 rings (SSSR count). The Morgan fingerprint density at radius 3 is 2.61 bits per heavy atom. The van der Waals surface area contributed by atoms with Crippen molar-refractivity contribution in [3.05, 3.63) is 33.3 Å². The Hall–Kier alpha value is 0.300. The maximum atomic E-state index is 6.25.